The molecule has 0 bridgehead atoms. The van der Waals surface area contributed by atoms with Crippen molar-refractivity contribution in [1.82, 2.24) is 4.90 Å². The maximum Gasteiger partial charge on any atom is 0.328 e. The number of carboxylic acid groups (broad SMARTS) is 1. The van der Waals surface area contributed by atoms with E-state index in [0.717, 1.165) is 17.0 Å². The Labute approximate surface area is 118 Å². The van der Waals surface area contributed by atoms with E-state index in [4.69, 9.17) is 14.6 Å². The molecule has 1 unspecified atom stereocenters. The molecule has 21 heavy (non-hydrogen) atoms. The average molecular weight is 301 g/mol. The van der Waals surface area contributed by atoms with Gasteiger partial charge in [0.25, 0.3) is 5.91 Å². The van der Waals surface area contributed by atoms with Crippen LogP contribution in [-0.2, 0) is 14.3 Å². The molecule has 1 saturated heterocycles. The third-order valence-corrected chi connectivity index (χ3v) is 2.98. The highest BCUT2D eigenvalue weighted by Gasteiger charge is 2.32. The number of ether oxygens (including phenoxy) is 2. The maximum absolute atomic E-state index is 13.3. The molecular formula is C13H13F2NO5. The van der Waals surface area contributed by atoms with Crippen LogP contribution < -0.4 is 4.74 Å². The zero-order chi connectivity index (χ0) is 15.4. The van der Waals surface area contributed by atoms with Gasteiger partial charge in [0.1, 0.15) is 5.82 Å². The highest BCUT2D eigenvalue weighted by atomic mass is 19.1. The fourth-order valence-electron chi connectivity index (χ4n) is 1.92. The molecule has 1 heterocycles. The lowest BCUT2D eigenvalue weighted by Crippen LogP contribution is -2.53. The smallest absolute Gasteiger partial charge is 0.328 e. The molecule has 6 nitrogen and oxygen atoms in total. The molecule has 0 spiro atoms. The Morgan fingerprint density at radius 2 is 2.19 bits per heavy atom. The number of benzene rings is 1. The first-order chi connectivity index (χ1) is 9.99. The molecule has 1 aliphatic heterocycles. The summed E-state index contributed by atoms with van der Waals surface area (Å²) < 4.78 is 36.0. The van der Waals surface area contributed by atoms with Gasteiger partial charge in [-0.05, 0) is 12.1 Å². The van der Waals surface area contributed by atoms with Gasteiger partial charge >= 0.3 is 5.97 Å². The van der Waals surface area contributed by atoms with Crippen LogP contribution in [0.2, 0.25) is 0 Å². The van der Waals surface area contributed by atoms with Crippen molar-refractivity contribution in [2.75, 3.05) is 26.4 Å². The minimum absolute atomic E-state index is 0.105. The van der Waals surface area contributed by atoms with E-state index in [2.05, 4.69) is 0 Å². The van der Waals surface area contributed by atoms with Gasteiger partial charge in [-0.3, -0.25) is 4.79 Å². The van der Waals surface area contributed by atoms with Gasteiger partial charge in [0.05, 0.1) is 13.2 Å². The van der Waals surface area contributed by atoms with Gasteiger partial charge in [-0.25, -0.2) is 13.6 Å². The van der Waals surface area contributed by atoms with Crippen LogP contribution in [0.5, 0.6) is 5.75 Å². The Morgan fingerprint density at radius 1 is 1.43 bits per heavy atom. The van der Waals surface area contributed by atoms with E-state index in [1.54, 1.807) is 0 Å². The monoisotopic (exact) mass is 301 g/mol. The van der Waals surface area contributed by atoms with E-state index in [0.29, 0.717) is 6.07 Å². The van der Waals surface area contributed by atoms with Crippen LogP contribution in [0.15, 0.2) is 18.2 Å². The number of carbonyl (C=O) groups is 2. The molecular weight excluding hydrogens is 288 g/mol. The molecule has 1 aliphatic rings. The van der Waals surface area contributed by atoms with Crippen molar-refractivity contribution in [2.24, 2.45) is 0 Å². The molecule has 1 N–H and O–H groups in total. The van der Waals surface area contributed by atoms with Crippen LogP contribution in [-0.4, -0.2) is 54.3 Å². The quantitative estimate of drug-likeness (QED) is 0.884. The molecule has 0 aliphatic carbocycles. The van der Waals surface area contributed by atoms with Crippen molar-refractivity contribution >= 4 is 11.9 Å². The summed E-state index contributed by atoms with van der Waals surface area (Å²) in [6.45, 7) is -0.302. The predicted octanol–water partition coefficient (Wildman–Crippen LogP) is 0.656. The van der Waals surface area contributed by atoms with Crippen LogP contribution in [0, 0.1) is 11.6 Å². The minimum Gasteiger partial charge on any atom is -0.481 e. The third-order valence-electron chi connectivity index (χ3n) is 2.98. The molecule has 1 aromatic rings. The summed E-state index contributed by atoms with van der Waals surface area (Å²) in [7, 11) is 0. The first-order valence-electron chi connectivity index (χ1n) is 6.17. The number of hydrogen-bond acceptors (Lipinski definition) is 4. The summed E-state index contributed by atoms with van der Waals surface area (Å²) in [6, 6.07) is 1.60. The van der Waals surface area contributed by atoms with E-state index in [1.165, 1.54) is 0 Å². The van der Waals surface area contributed by atoms with Gasteiger partial charge in [0.15, 0.2) is 24.2 Å². The van der Waals surface area contributed by atoms with Gasteiger partial charge in [-0.15, -0.1) is 0 Å². The van der Waals surface area contributed by atoms with Gasteiger partial charge in [-0.1, -0.05) is 0 Å². The lowest BCUT2D eigenvalue weighted by molar-refractivity contribution is -0.159. The number of amides is 1. The SMILES string of the molecule is O=C(O)C1COCCN1C(=O)COc1ccc(F)cc1F. The lowest BCUT2D eigenvalue weighted by atomic mass is 10.2. The van der Waals surface area contributed by atoms with Crippen molar-refractivity contribution in [2.45, 2.75) is 6.04 Å². The van der Waals surface area contributed by atoms with E-state index in [1.807, 2.05) is 0 Å². The van der Waals surface area contributed by atoms with Crippen LogP contribution in [0.25, 0.3) is 0 Å². The molecule has 1 aromatic carbocycles. The number of carboxylic acids is 1. The van der Waals surface area contributed by atoms with Crippen molar-refractivity contribution in [1.29, 1.82) is 0 Å². The molecule has 0 radical (unpaired) electrons. The zero-order valence-electron chi connectivity index (χ0n) is 10.9. The summed E-state index contributed by atoms with van der Waals surface area (Å²) in [5.41, 5.74) is 0. The zero-order valence-corrected chi connectivity index (χ0v) is 10.9. The second kappa shape index (κ2) is 6.49. The number of morpholine rings is 1. The molecule has 2 rings (SSSR count). The predicted molar refractivity (Wildman–Crippen MR) is 65.8 cm³/mol. The standard InChI is InChI=1S/C13H13F2NO5/c14-8-1-2-11(9(15)5-8)21-7-12(17)16-3-4-20-6-10(16)13(18)19/h1-2,5,10H,3-4,6-7H2,(H,18,19). The fraction of sp³-hybridized carbons (Fsp3) is 0.385. The second-order valence-electron chi connectivity index (χ2n) is 4.38. The van der Waals surface area contributed by atoms with E-state index in [9.17, 15) is 18.4 Å². The first-order valence-corrected chi connectivity index (χ1v) is 6.17. The highest BCUT2D eigenvalue weighted by molar-refractivity contribution is 5.84. The number of aliphatic carboxylic acids is 1. The molecule has 1 atom stereocenters. The summed E-state index contributed by atoms with van der Waals surface area (Å²) in [5, 5.41) is 9.00. The Hall–Kier alpha value is -2.22. The Kier molecular flexibility index (Phi) is 4.69. The molecule has 1 fully saturated rings. The first kappa shape index (κ1) is 15.2. The van der Waals surface area contributed by atoms with Crippen LogP contribution in [0.3, 0.4) is 0 Å². The Morgan fingerprint density at radius 3 is 2.86 bits per heavy atom. The van der Waals surface area contributed by atoms with Crippen LogP contribution >= 0.6 is 0 Å². The van der Waals surface area contributed by atoms with Crippen molar-refractivity contribution in [3.8, 4) is 5.75 Å². The van der Waals surface area contributed by atoms with E-state index >= 15 is 0 Å². The van der Waals surface area contributed by atoms with Crippen LogP contribution in [0.1, 0.15) is 0 Å². The average Bonchev–Trinajstić information content (AvgIpc) is 2.46. The molecule has 0 aromatic heterocycles. The van der Waals surface area contributed by atoms with Gasteiger partial charge in [0.2, 0.25) is 0 Å². The van der Waals surface area contributed by atoms with Crippen molar-refractivity contribution < 1.29 is 33.0 Å². The minimum atomic E-state index is -1.18. The molecule has 1 amide bonds. The molecule has 0 saturated carbocycles. The van der Waals surface area contributed by atoms with Crippen molar-refractivity contribution in [3.05, 3.63) is 29.8 Å². The number of hydrogen-bond donors (Lipinski definition) is 1. The highest BCUT2D eigenvalue weighted by Crippen LogP contribution is 2.18. The topological polar surface area (TPSA) is 76.1 Å². The van der Waals surface area contributed by atoms with Gasteiger partial charge in [0, 0.05) is 12.6 Å². The lowest BCUT2D eigenvalue weighted by Gasteiger charge is -2.32. The summed E-state index contributed by atoms with van der Waals surface area (Å²) in [5.74, 6) is -3.75. The normalized spacial score (nSPS) is 18.4. The van der Waals surface area contributed by atoms with Crippen molar-refractivity contribution in [3.63, 3.8) is 0 Å². The van der Waals surface area contributed by atoms with E-state index < -0.39 is 36.2 Å². The number of rotatable bonds is 4. The molecule has 114 valence electrons. The maximum atomic E-state index is 13.3. The third kappa shape index (κ3) is 3.66. The van der Waals surface area contributed by atoms with Gasteiger partial charge < -0.3 is 19.5 Å². The Bertz CT molecular complexity index is 551. The largest absolute Gasteiger partial charge is 0.481 e. The summed E-state index contributed by atoms with van der Waals surface area (Å²) in [4.78, 5) is 24.1. The number of carbonyl (C=O) groups excluding carboxylic acids is 1. The summed E-state index contributed by atoms with van der Waals surface area (Å²) >= 11 is 0. The van der Waals surface area contributed by atoms with E-state index in [-0.39, 0.29) is 25.5 Å². The fourth-order valence-corrected chi connectivity index (χ4v) is 1.92. The van der Waals surface area contributed by atoms with Crippen LogP contribution in [0.4, 0.5) is 8.78 Å². The Balaban J connectivity index is 1.98. The number of nitrogens with zero attached hydrogens (tertiary/aromatic N) is 1. The summed E-state index contributed by atoms with van der Waals surface area (Å²) in [6.07, 6.45) is 0. The molecule has 8 heteroatoms. The number of halogens is 2. The second-order valence-corrected chi connectivity index (χ2v) is 4.38. The van der Waals surface area contributed by atoms with Gasteiger partial charge in [-0.2, -0.15) is 0 Å².